The molecule has 11 heavy (non-hydrogen) atoms. The largest absolute Gasteiger partial charge is 0.366 e. The third kappa shape index (κ3) is 0.843. The van der Waals surface area contributed by atoms with Crippen molar-refractivity contribution in [3.05, 3.63) is 23.5 Å². The third-order valence-electron chi connectivity index (χ3n) is 2.00. The molecule has 0 atom stereocenters. The van der Waals surface area contributed by atoms with Gasteiger partial charge in [0.05, 0.1) is 12.4 Å². The Kier molecular flexibility index (Phi) is 1.24. The molecule has 0 aromatic rings. The van der Waals surface area contributed by atoms with Gasteiger partial charge in [0.2, 0.25) is 0 Å². The molecule has 0 amide bonds. The van der Waals surface area contributed by atoms with Crippen molar-refractivity contribution in [1.29, 1.82) is 0 Å². The minimum Gasteiger partial charge on any atom is -0.366 e. The van der Waals surface area contributed by atoms with Gasteiger partial charge in [0, 0.05) is 13.5 Å². The average molecular weight is 150 g/mol. The van der Waals surface area contributed by atoms with Crippen LogP contribution >= 0.6 is 0 Å². The number of nitrogens with one attached hydrogen (secondary N) is 1. The summed E-state index contributed by atoms with van der Waals surface area (Å²) in [6, 6.07) is 0. The molecule has 0 radical (unpaired) electrons. The van der Waals surface area contributed by atoms with E-state index in [0.717, 1.165) is 18.1 Å². The van der Waals surface area contributed by atoms with Crippen LogP contribution < -0.4 is 5.32 Å². The van der Waals surface area contributed by atoms with Crippen LogP contribution in [0.2, 0.25) is 0 Å². The molecule has 1 aliphatic heterocycles. The molecule has 0 fully saturated rings. The van der Waals surface area contributed by atoms with Crippen molar-refractivity contribution in [2.24, 2.45) is 0 Å². The molecule has 3 heteroatoms. The zero-order chi connectivity index (χ0) is 7.84. The van der Waals surface area contributed by atoms with E-state index in [4.69, 9.17) is 0 Å². The van der Waals surface area contributed by atoms with Crippen LogP contribution in [0.1, 0.15) is 6.42 Å². The van der Waals surface area contributed by atoms with E-state index in [9.17, 15) is 4.79 Å². The Hall–Kier alpha value is -1.25. The van der Waals surface area contributed by atoms with Crippen molar-refractivity contribution in [2.75, 3.05) is 13.7 Å². The fourth-order valence-electron chi connectivity index (χ4n) is 1.45. The number of ketones is 1. The van der Waals surface area contributed by atoms with Crippen LogP contribution in [-0.2, 0) is 4.79 Å². The lowest BCUT2D eigenvalue weighted by Gasteiger charge is -2.13. The molecular weight excluding hydrogens is 140 g/mol. The summed E-state index contributed by atoms with van der Waals surface area (Å²) >= 11 is 0. The molecule has 3 nitrogen and oxygen atoms in total. The highest BCUT2D eigenvalue weighted by atomic mass is 16.1. The van der Waals surface area contributed by atoms with Crippen LogP contribution in [0.3, 0.4) is 0 Å². The van der Waals surface area contributed by atoms with E-state index in [1.807, 2.05) is 24.1 Å². The van der Waals surface area contributed by atoms with Crippen LogP contribution in [-0.4, -0.2) is 24.4 Å². The zero-order valence-corrected chi connectivity index (χ0v) is 6.42. The highest BCUT2D eigenvalue weighted by Crippen LogP contribution is 2.20. The molecule has 0 aromatic carbocycles. The molecule has 1 aliphatic carbocycles. The van der Waals surface area contributed by atoms with Crippen LogP contribution in [0.5, 0.6) is 0 Å². The van der Waals surface area contributed by atoms with Gasteiger partial charge in [-0.1, -0.05) is 6.08 Å². The Morgan fingerprint density at radius 3 is 3.18 bits per heavy atom. The Balaban J connectivity index is 2.41. The average Bonchev–Trinajstić information content (AvgIpc) is 2.34. The third-order valence-corrected chi connectivity index (χ3v) is 2.00. The van der Waals surface area contributed by atoms with Crippen molar-refractivity contribution in [2.45, 2.75) is 6.42 Å². The number of likely N-dealkylation sites (N-methyl/N-ethyl adjacent to an activating group) is 1. The first kappa shape index (κ1) is 6.46. The SMILES string of the molecule is CN1CNC2=C1C(=O)CC=C2. The predicted octanol–water partition coefficient (Wildman–Crippen LogP) is 0.219. The van der Waals surface area contributed by atoms with Crippen LogP contribution in [0.15, 0.2) is 23.5 Å². The summed E-state index contributed by atoms with van der Waals surface area (Å²) in [6.07, 6.45) is 4.42. The van der Waals surface area contributed by atoms with Crippen molar-refractivity contribution >= 4 is 5.78 Å². The van der Waals surface area contributed by atoms with E-state index >= 15 is 0 Å². The zero-order valence-electron chi connectivity index (χ0n) is 6.42. The van der Waals surface area contributed by atoms with Gasteiger partial charge in [-0.05, 0) is 6.08 Å². The summed E-state index contributed by atoms with van der Waals surface area (Å²) in [5, 5.41) is 3.14. The van der Waals surface area contributed by atoms with Crippen LogP contribution in [0, 0.1) is 0 Å². The standard InChI is InChI=1S/C8H10N2O/c1-10-5-9-6-3-2-4-7(11)8(6)10/h2-3,9H,4-5H2,1H3. The maximum Gasteiger partial charge on any atom is 0.184 e. The number of hydrogen-bond acceptors (Lipinski definition) is 3. The van der Waals surface area contributed by atoms with E-state index in [2.05, 4.69) is 5.32 Å². The Morgan fingerprint density at radius 2 is 2.45 bits per heavy atom. The fraction of sp³-hybridized carbons (Fsp3) is 0.375. The number of carbonyl (C=O) groups is 1. The highest BCUT2D eigenvalue weighted by Gasteiger charge is 2.24. The summed E-state index contributed by atoms with van der Waals surface area (Å²) < 4.78 is 0. The molecule has 0 aromatic heterocycles. The number of rotatable bonds is 0. The molecule has 58 valence electrons. The quantitative estimate of drug-likeness (QED) is 0.536. The summed E-state index contributed by atoms with van der Waals surface area (Å²) in [5.74, 6) is 0.218. The number of nitrogens with zero attached hydrogens (tertiary/aromatic N) is 1. The number of hydrogen-bond donors (Lipinski definition) is 1. The molecule has 0 saturated carbocycles. The van der Waals surface area contributed by atoms with Gasteiger partial charge in [-0.15, -0.1) is 0 Å². The normalized spacial score (nSPS) is 22.3. The van der Waals surface area contributed by atoms with Gasteiger partial charge < -0.3 is 10.2 Å². The van der Waals surface area contributed by atoms with Gasteiger partial charge in [0.25, 0.3) is 0 Å². The summed E-state index contributed by atoms with van der Waals surface area (Å²) in [6.45, 7) is 0.751. The van der Waals surface area contributed by atoms with Crippen molar-refractivity contribution in [3.63, 3.8) is 0 Å². The van der Waals surface area contributed by atoms with Gasteiger partial charge in [-0.2, -0.15) is 0 Å². The summed E-state index contributed by atoms with van der Waals surface area (Å²) in [4.78, 5) is 13.2. The lowest BCUT2D eigenvalue weighted by atomic mass is 10.1. The maximum absolute atomic E-state index is 11.3. The van der Waals surface area contributed by atoms with Gasteiger partial charge in [-0.25, -0.2) is 0 Å². The first-order valence-corrected chi connectivity index (χ1v) is 3.68. The minimum absolute atomic E-state index is 0.218. The van der Waals surface area contributed by atoms with E-state index < -0.39 is 0 Å². The molecule has 1 N–H and O–H groups in total. The molecule has 0 saturated heterocycles. The van der Waals surface area contributed by atoms with E-state index in [-0.39, 0.29) is 5.78 Å². The molecule has 2 rings (SSSR count). The van der Waals surface area contributed by atoms with Gasteiger partial charge in [-0.3, -0.25) is 4.79 Å². The van der Waals surface area contributed by atoms with E-state index in [1.165, 1.54) is 0 Å². The van der Waals surface area contributed by atoms with Crippen molar-refractivity contribution < 1.29 is 4.79 Å². The van der Waals surface area contributed by atoms with Gasteiger partial charge in [0.15, 0.2) is 5.78 Å². The second kappa shape index (κ2) is 2.12. The topological polar surface area (TPSA) is 32.3 Å². The van der Waals surface area contributed by atoms with Gasteiger partial charge >= 0.3 is 0 Å². The molecular formula is C8H10N2O. The van der Waals surface area contributed by atoms with Crippen molar-refractivity contribution in [3.8, 4) is 0 Å². The predicted molar refractivity (Wildman–Crippen MR) is 41.6 cm³/mol. The Morgan fingerprint density at radius 1 is 1.64 bits per heavy atom. The van der Waals surface area contributed by atoms with Crippen LogP contribution in [0.4, 0.5) is 0 Å². The Labute approximate surface area is 65.4 Å². The second-order valence-corrected chi connectivity index (χ2v) is 2.82. The Bertz CT molecular complexity index is 265. The first-order valence-electron chi connectivity index (χ1n) is 3.68. The molecule has 0 unspecified atom stereocenters. The van der Waals surface area contributed by atoms with E-state index in [0.29, 0.717) is 6.42 Å². The van der Waals surface area contributed by atoms with Gasteiger partial charge in [0.1, 0.15) is 5.70 Å². The molecule has 2 aliphatic rings. The molecule has 0 spiro atoms. The van der Waals surface area contributed by atoms with E-state index in [1.54, 1.807) is 0 Å². The number of allylic oxidation sites excluding steroid dienone is 3. The molecule has 1 heterocycles. The smallest absolute Gasteiger partial charge is 0.184 e. The second-order valence-electron chi connectivity index (χ2n) is 2.82. The first-order chi connectivity index (χ1) is 5.29. The lowest BCUT2D eigenvalue weighted by molar-refractivity contribution is -0.116. The highest BCUT2D eigenvalue weighted by molar-refractivity contribution is 5.98. The van der Waals surface area contributed by atoms with Crippen LogP contribution in [0.25, 0.3) is 0 Å². The summed E-state index contributed by atoms with van der Waals surface area (Å²) in [5.41, 5.74) is 1.82. The fourth-order valence-corrected chi connectivity index (χ4v) is 1.45. The monoisotopic (exact) mass is 150 g/mol. The molecule has 0 bridgehead atoms. The summed E-state index contributed by atoms with van der Waals surface area (Å²) in [7, 11) is 1.92. The number of carbonyl (C=O) groups excluding carboxylic acids is 1. The van der Waals surface area contributed by atoms with Crippen molar-refractivity contribution in [1.82, 2.24) is 10.2 Å². The maximum atomic E-state index is 11.3. The minimum atomic E-state index is 0.218. The number of Topliss-reactive ketones (excluding diaryl/α,β-unsaturated/α-hetero) is 1. The lowest BCUT2D eigenvalue weighted by Crippen LogP contribution is -2.22.